The zero-order chi connectivity index (χ0) is 15.1. The van der Waals surface area contributed by atoms with E-state index in [0.29, 0.717) is 23.1 Å². The topological polar surface area (TPSA) is 65.5 Å². The van der Waals surface area contributed by atoms with Gasteiger partial charge in [-0.2, -0.15) is 0 Å². The van der Waals surface area contributed by atoms with Crippen LogP contribution in [0.1, 0.15) is 13.3 Å². The summed E-state index contributed by atoms with van der Waals surface area (Å²) in [6.07, 6.45) is 2.48. The molecular weight excluding hydrogens is 270 g/mol. The molecule has 21 heavy (non-hydrogen) atoms. The van der Waals surface area contributed by atoms with Crippen LogP contribution in [0.15, 0.2) is 30.6 Å². The average molecular weight is 289 g/mol. The minimum absolute atomic E-state index is 0.457. The van der Waals surface area contributed by atoms with Crippen molar-refractivity contribution < 1.29 is 14.2 Å². The molecule has 0 atom stereocenters. The summed E-state index contributed by atoms with van der Waals surface area (Å²) in [5.74, 6) is 3.09. The Bertz CT molecular complexity index is 568. The van der Waals surface area contributed by atoms with Gasteiger partial charge in [-0.15, -0.1) is 0 Å². The molecule has 0 aliphatic carbocycles. The first kappa shape index (κ1) is 14.9. The third kappa shape index (κ3) is 4.24. The van der Waals surface area contributed by atoms with E-state index in [1.165, 1.54) is 6.33 Å². The molecule has 6 nitrogen and oxygen atoms in total. The highest BCUT2D eigenvalue weighted by Gasteiger charge is 2.06. The predicted molar refractivity (Wildman–Crippen MR) is 80.4 cm³/mol. The largest absolute Gasteiger partial charge is 0.496 e. The number of nitrogens with zero attached hydrogens (tertiary/aromatic N) is 2. The quantitative estimate of drug-likeness (QED) is 0.845. The Morgan fingerprint density at radius 3 is 2.24 bits per heavy atom. The van der Waals surface area contributed by atoms with Gasteiger partial charge in [-0.1, -0.05) is 6.92 Å². The van der Waals surface area contributed by atoms with E-state index in [2.05, 4.69) is 22.2 Å². The molecule has 0 bridgehead atoms. The molecule has 0 amide bonds. The Kier molecular flexibility index (Phi) is 5.20. The highest BCUT2D eigenvalue weighted by Crippen LogP contribution is 2.30. The van der Waals surface area contributed by atoms with Crippen LogP contribution in [0.2, 0.25) is 0 Å². The van der Waals surface area contributed by atoms with Crippen molar-refractivity contribution in [3.63, 3.8) is 0 Å². The number of ether oxygens (including phenoxy) is 3. The van der Waals surface area contributed by atoms with E-state index in [0.717, 1.165) is 18.8 Å². The summed E-state index contributed by atoms with van der Waals surface area (Å²) in [7, 11) is 3.19. The molecule has 0 spiro atoms. The van der Waals surface area contributed by atoms with Gasteiger partial charge in [0.1, 0.15) is 29.4 Å². The van der Waals surface area contributed by atoms with Crippen LogP contribution in [0.3, 0.4) is 0 Å². The van der Waals surface area contributed by atoms with E-state index in [1.807, 2.05) is 0 Å². The van der Waals surface area contributed by atoms with Crippen molar-refractivity contribution in [2.45, 2.75) is 13.3 Å². The Labute approximate surface area is 124 Å². The van der Waals surface area contributed by atoms with E-state index in [4.69, 9.17) is 14.2 Å². The molecule has 1 aromatic carbocycles. The van der Waals surface area contributed by atoms with Crippen LogP contribution in [-0.2, 0) is 0 Å². The maximum atomic E-state index is 5.73. The lowest BCUT2D eigenvalue weighted by molar-refractivity contribution is 0.385. The molecule has 0 fully saturated rings. The summed E-state index contributed by atoms with van der Waals surface area (Å²) < 4.78 is 16.1. The maximum Gasteiger partial charge on any atom is 0.224 e. The second-order valence-electron chi connectivity index (χ2n) is 4.32. The second-order valence-corrected chi connectivity index (χ2v) is 4.32. The lowest BCUT2D eigenvalue weighted by Gasteiger charge is -2.10. The van der Waals surface area contributed by atoms with Gasteiger partial charge in [0, 0.05) is 30.8 Å². The maximum absolute atomic E-state index is 5.73. The van der Waals surface area contributed by atoms with Crippen LogP contribution in [0.5, 0.6) is 23.1 Å². The molecule has 2 aromatic rings. The molecule has 0 aliphatic heterocycles. The van der Waals surface area contributed by atoms with Crippen molar-refractivity contribution in [2.24, 2.45) is 0 Å². The van der Waals surface area contributed by atoms with Gasteiger partial charge in [0.15, 0.2) is 0 Å². The third-order valence-corrected chi connectivity index (χ3v) is 2.75. The summed E-state index contributed by atoms with van der Waals surface area (Å²) >= 11 is 0. The molecule has 1 heterocycles. The first-order valence-corrected chi connectivity index (χ1v) is 6.72. The SMILES string of the molecule is CCCNc1cc(Oc2cc(OC)cc(OC)c2)ncn1. The average Bonchev–Trinajstić information content (AvgIpc) is 2.52. The van der Waals surface area contributed by atoms with Crippen molar-refractivity contribution >= 4 is 5.82 Å². The van der Waals surface area contributed by atoms with Crippen molar-refractivity contribution in [2.75, 3.05) is 26.1 Å². The number of nitrogens with one attached hydrogen (secondary N) is 1. The molecular formula is C15H19N3O3. The first-order chi connectivity index (χ1) is 10.2. The van der Waals surface area contributed by atoms with Gasteiger partial charge in [-0.05, 0) is 6.42 Å². The minimum Gasteiger partial charge on any atom is -0.496 e. The summed E-state index contributed by atoms with van der Waals surface area (Å²) in [6.45, 7) is 2.94. The monoisotopic (exact) mass is 289 g/mol. The molecule has 1 N–H and O–H groups in total. The second kappa shape index (κ2) is 7.33. The van der Waals surface area contributed by atoms with E-state index in [-0.39, 0.29) is 0 Å². The van der Waals surface area contributed by atoms with Crippen molar-refractivity contribution in [3.05, 3.63) is 30.6 Å². The van der Waals surface area contributed by atoms with E-state index in [1.54, 1.807) is 38.5 Å². The molecule has 0 saturated heterocycles. The zero-order valence-corrected chi connectivity index (χ0v) is 12.4. The highest BCUT2D eigenvalue weighted by atomic mass is 16.5. The number of hydrogen-bond donors (Lipinski definition) is 1. The Morgan fingerprint density at radius 2 is 1.62 bits per heavy atom. The van der Waals surface area contributed by atoms with Gasteiger partial charge in [0.05, 0.1) is 14.2 Å². The summed E-state index contributed by atoms with van der Waals surface area (Å²) in [4.78, 5) is 8.23. The lowest BCUT2D eigenvalue weighted by atomic mass is 10.3. The summed E-state index contributed by atoms with van der Waals surface area (Å²) in [5.41, 5.74) is 0. The fraction of sp³-hybridized carbons (Fsp3) is 0.333. The fourth-order valence-corrected chi connectivity index (χ4v) is 1.71. The van der Waals surface area contributed by atoms with Crippen molar-refractivity contribution in [1.82, 2.24) is 9.97 Å². The zero-order valence-electron chi connectivity index (χ0n) is 12.4. The molecule has 112 valence electrons. The van der Waals surface area contributed by atoms with Gasteiger partial charge in [0.25, 0.3) is 0 Å². The first-order valence-electron chi connectivity index (χ1n) is 6.72. The normalized spacial score (nSPS) is 10.0. The van der Waals surface area contributed by atoms with Gasteiger partial charge in [-0.3, -0.25) is 0 Å². The number of aromatic nitrogens is 2. The van der Waals surface area contributed by atoms with Gasteiger partial charge < -0.3 is 19.5 Å². The van der Waals surface area contributed by atoms with Crippen LogP contribution < -0.4 is 19.5 Å². The smallest absolute Gasteiger partial charge is 0.224 e. The van der Waals surface area contributed by atoms with Crippen LogP contribution in [0.4, 0.5) is 5.82 Å². The molecule has 6 heteroatoms. The van der Waals surface area contributed by atoms with Gasteiger partial charge in [-0.25, -0.2) is 9.97 Å². The molecule has 0 radical (unpaired) electrons. The van der Waals surface area contributed by atoms with Gasteiger partial charge in [0.2, 0.25) is 5.88 Å². The number of methoxy groups -OCH3 is 2. The molecule has 1 aromatic heterocycles. The molecule has 0 saturated carbocycles. The number of benzene rings is 1. The Balaban J connectivity index is 2.17. The van der Waals surface area contributed by atoms with Crippen LogP contribution in [-0.4, -0.2) is 30.7 Å². The van der Waals surface area contributed by atoms with E-state index >= 15 is 0 Å². The number of rotatable bonds is 7. The fourth-order valence-electron chi connectivity index (χ4n) is 1.71. The molecule has 0 aliphatic rings. The number of anilines is 1. The minimum atomic E-state index is 0.457. The number of hydrogen-bond acceptors (Lipinski definition) is 6. The highest BCUT2D eigenvalue weighted by molar-refractivity contribution is 5.44. The molecule has 2 rings (SSSR count). The van der Waals surface area contributed by atoms with Gasteiger partial charge >= 0.3 is 0 Å². The van der Waals surface area contributed by atoms with Crippen LogP contribution in [0, 0.1) is 0 Å². The summed E-state index contributed by atoms with van der Waals surface area (Å²) in [5, 5.41) is 3.19. The van der Waals surface area contributed by atoms with Crippen molar-refractivity contribution in [3.8, 4) is 23.1 Å². The Hall–Kier alpha value is -2.50. The van der Waals surface area contributed by atoms with E-state index < -0.39 is 0 Å². The predicted octanol–water partition coefficient (Wildman–Crippen LogP) is 3.11. The Morgan fingerprint density at radius 1 is 0.952 bits per heavy atom. The van der Waals surface area contributed by atoms with Crippen molar-refractivity contribution in [1.29, 1.82) is 0 Å². The molecule has 0 unspecified atom stereocenters. The van der Waals surface area contributed by atoms with Crippen LogP contribution in [0.25, 0.3) is 0 Å². The van der Waals surface area contributed by atoms with Crippen LogP contribution >= 0.6 is 0 Å². The third-order valence-electron chi connectivity index (χ3n) is 2.75. The standard InChI is InChI=1S/C15H19N3O3/c1-4-5-16-14-9-15(18-10-17-14)21-13-7-11(19-2)6-12(8-13)20-3/h6-10H,4-5H2,1-3H3,(H,16,17,18). The lowest BCUT2D eigenvalue weighted by Crippen LogP contribution is -2.02. The summed E-state index contributed by atoms with van der Waals surface area (Å²) in [6, 6.07) is 7.07. The van der Waals surface area contributed by atoms with E-state index in [9.17, 15) is 0 Å².